The lowest BCUT2D eigenvalue weighted by Gasteiger charge is -2.30. The minimum atomic E-state index is -0.467. The SMILES string of the molecule is CNC(=O)c1ccc(NCc2ccccc2N2CCCCC2)c([N+](=O)[O-])c1. The summed E-state index contributed by atoms with van der Waals surface area (Å²) >= 11 is 0. The molecule has 2 aromatic carbocycles. The van der Waals surface area contributed by atoms with E-state index in [2.05, 4.69) is 21.6 Å². The van der Waals surface area contributed by atoms with Gasteiger partial charge in [0.1, 0.15) is 5.69 Å². The van der Waals surface area contributed by atoms with E-state index in [0.29, 0.717) is 12.2 Å². The number of nitrogens with zero attached hydrogens (tertiary/aromatic N) is 2. The van der Waals surface area contributed by atoms with Gasteiger partial charge in [0.05, 0.1) is 4.92 Å². The molecular weight excluding hydrogens is 344 g/mol. The van der Waals surface area contributed by atoms with Gasteiger partial charge in [-0.3, -0.25) is 14.9 Å². The molecule has 2 N–H and O–H groups in total. The van der Waals surface area contributed by atoms with Gasteiger partial charge in [0.25, 0.3) is 11.6 Å². The molecule has 0 aromatic heterocycles. The Bertz CT molecular complexity index is 832. The van der Waals surface area contributed by atoms with Crippen LogP contribution in [0.2, 0.25) is 0 Å². The van der Waals surface area contributed by atoms with Gasteiger partial charge >= 0.3 is 0 Å². The Kier molecular flexibility index (Phi) is 5.90. The lowest BCUT2D eigenvalue weighted by atomic mass is 10.1. The number of carbonyl (C=O) groups is 1. The number of anilines is 2. The molecule has 3 rings (SSSR count). The Balaban J connectivity index is 1.81. The van der Waals surface area contributed by atoms with Crippen molar-refractivity contribution in [3.63, 3.8) is 0 Å². The predicted molar refractivity (Wildman–Crippen MR) is 106 cm³/mol. The minimum Gasteiger partial charge on any atom is -0.375 e. The van der Waals surface area contributed by atoms with E-state index in [0.717, 1.165) is 18.7 Å². The van der Waals surface area contributed by atoms with Crippen LogP contribution in [0.4, 0.5) is 17.1 Å². The summed E-state index contributed by atoms with van der Waals surface area (Å²) in [7, 11) is 1.50. The summed E-state index contributed by atoms with van der Waals surface area (Å²) in [6.45, 7) is 2.56. The lowest BCUT2D eigenvalue weighted by Crippen LogP contribution is -2.30. The first-order valence-corrected chi connectivity index (χ1v) is 9.17. The van der Waals surface area contributed by atoms with E-state index >= 15 is 0 Å². The summed E-state index contributed by atoms with van der Waals surface area (Å²) in [6.07, 6.45) is 3.64. The first kappa shape index (κ1) is 18.7. The van der Waals surface area contributed by atoms with Crippen molar-refractivity contribution < 1.29 is 9.72 Å². The third-order valence-electron chi connectivity index (χ3n) is 4.84. The van der Waals surface area contributed by atoms with Crippen LogP contribution >= 0.6 is 0 Å². The van der Waals surface area contributed by atoms with Gasteiger partial charge in [-0.15, -0.1) is 0 Å². The highest BCUT2D eigenvalue weighted by atomic mass is 16.6. The standard InChI is InChI=1S/C20H24N4O3/c1-21-20(25)15-9-10-17(19(13-15)24(26)27)22-14-16-7-3-4-8-18(16)23-11-5-2-6-12-23/h3-4,7-10,13,22H,2,5-6,11-12,14H2,1H3,(H,21,25). The van der Waals surface area contributed by atoms with Gasteiger partial charge in [-0.25, -0.2) is 0 Å². The summed E-state index contributed by atoms with van der Waals surface area (Å²) in [5, 5.41) is 17.1. The van der Waals surface area contributed by atoms with Crippen molar-refractivity contribution in [1.82, 2.24) is 5.32 Å². The average molecular weight is 368 g/mol. The molecule has 142 valence electrons. The Labute approximate surface area is 158 Å². The van der Waals surface area contributed by atoms with Crippen LogP contribution < -0.4 is 15.5 Å². The van der Waals surface area contributed by atoms with Crippen LogP contribution in [0.3, 0.4) is 0 Å². The molecule has 1 aliphatic heterocycles. The van der Waals surface area contributed by atoms with Crippen LogP contribution in [-0.2, 0) is 6.54 Å². The number of nitrogens with one attached hydrogen (secondary N) is 2. The first-order chi connectivity index (χ1) is 13.1. The zero-order valence-corrected chi connectivity index (χ0v) is 15.4. The molecule has 1 aliphatic rings. The molecule has 1 heterocycles. The predicted octanol–water partition coefficient (Wildman–Crippen LogP) is 3.56. The lowest BCUT2D eigenvalue weighted by molar-refractivity contribution is -0.384. The number of para-hydroxylation sites is 1. The van der Waals surface area contributed by atoms with Crippen LogP contribution in [0.5, 0.6) is 0 Å². The molecule has 27 heavy (non-hydrogen) atoms. The smallest absolute Gasteiger partial charge is 0.293 e. The highest BCUT2D eigenvalue weighted by molar-refractivity contribution is 5.95. The van der Waals surface area contributed by atoms with E-state index in [4.69, 9.17) is 0 Å². The van der Waals surface area contributed by atoms with Crippen molar-refractivity contribution in [1.29, 1.82) is 0 Å². The van der Waals surface area contributed by atoms with Crippen molar-refractivity contribution in [3.8, 4) is 0 Å². The topological polar surface area (TPSA) is 87.5 Å². The summed E-state index contributed by atoms with van der Waals surface area (Å²) in [4.78, 5) is 25.1. The fourth-order valence-corrected chi connectivity index (χ4v) is 3.41. The normalized spacial score (nSPS) is 13.9. The summed E-state index contributed by atoms with van der Waals surface area (Å²) in [6, 6.07) is 12.6. The van der Waals surface area contributed by atoms with Crippen LogP contribution in [0.15, 0.2) is 42.5 Å². The molecule has 0 saturated carbocycles. The number of rotatable bonds is 6. The summed E-state index contributed by atoms with van der Waals surface area (Å²) in [5.74, 6) is -0.347. The maximum Gasteiger partial charge on any atom is 0.293 e. The molecule has 7 nitrogen and oxygen atoms in total. The number of piperidine rings is 1. The Hall–Kier alpha value is -3.09. The molecule has 1 amide bonds. The van der Waals surface area contributed by atoms with Crippen LogP contribution in [0.25, 0.3) is 0 Å². The van der Waals surface area contributed by atoms with Gasteiger partial charge in [0.15, 0.2) is 0 Å². The molecule has 2 aromatic rings. The molecular formula is C20H24N4O3. The van der Waals surface area contributed by atoms with Gasteiger partial charge in [-0.2, -0.15) is 0 Å². The van der Waals surface area contributed by atoms with Gasteiger partial charge < -0.3 is 15.5 Å². The van der Waals surface area contributed by atoms with Gasteiger partial charge in [-0.05, 0) is 43.0 Å². The number of amides is 1. The molecule has 0 bridgehead atoms. The number of nitro groups is 1. The first-order valence-electron chi connectivity index (χ1n) is 9.17. The highest BCUT2D eigenvalue weighted by Gasteiger charge is 2.18. The van der Waals surface area contributed by atoms with E-state index in [1.807, 2.05) is 18.2 Å². The molecule has 1 fully saturated rings. The number of benzene rings is 2. The molecule has 1 saturated heterocycles. The number of nitro benzene ring substituents is 1. The van der Waals surface area contributed by atoms with Gasteiger partial charge in [0.2, 0.25) is 0 Å². The summed E-state index contributed by atoms with van der Waals surface area (Å²) in [5.41, 5.74) is 2.84. The monoisotopic (exact) mass is 368 g/mol. The fourth-order valence-electron chi connectivity index (χ4n) is 3.41. The maximum atomic E-state index is 11.7. The number of hydrogen-bond acceptors (Lipinski definition) is 5. The van der Waals surface area contributed by atoms with Crippen LogP contribution in [0.1, 0.15) is 35.2 Å². The maximum absolute atomic E-state index is 11.7. The molecule has 0 spiro atoms. The van der Waals surface area contributed by atoms with E-state index in [1.165, 1.54) is 38.1 Å². The van der Waals surface area contributed by atoms with Crippen molar-refractivity contribution in [3.05, 3.63) is 63.7 Å². The number of hydrogen-bond donors (Lipinski definition) is 2. The van der Waals surface area contributed by atoms with Crippen molar-refractivity contribution in [2.75, 3.05) is 30.4 Å². The van der Waals surface area contributed by atoms with E-state index < -0.39 is 4.92 Å². The van der Waals surface area contributed by atoms with Crippen molar-refractivity contribution in [2.24, 2.45) is 0 Å². The fraction of sp³-hybridized carbons (Fsp3) is 0.350. The van der Waals surface area contributed by atoms with E-state index in [-0.39, 0.29) is 17.2 Å². The van der Waals surface area contributed by atoms with Gasteiger partial charge in [0, 0.05) is 44.0 Å². The molecule has 0 atom stereocenters. The zero-order chi connectivity index (χ0) is 19.2. The van der Waals surface area contributed by atoms with E-state index in [1.54, 1.807) is 12.1 Å². The van der Waals surface area contributed by atoms with Crippen molar-refractivity contribution >= 4 is 23.0 Å². The molecule has 7 heteroatoms. The molecule has 0 radical (unpaired) electrons. The minimum absolute atomic E-state index is 0.105. The average Bonchev–Trinajstić information content (AvgIpc) is 2.72. The molecule has 0 unspecified atom stereocenters. The highest BCUT2D eigenvalue weighted by Crippen LogP contribution is 2.29. The van der Waals surface area contributed by atoms with E-state index in [9.17, 15) is 14.9 Å². The summed E-state index contributed by atoms with van der Waals surface area (Å²) < 4.78 is 0. The van der Waals surface area contributed by atoms with Crippen molar-refractivity contribution in [2.45, 2.75) is 25.8 Å². The second kappa shape index (κ2) is 8.53. The van der Waals surface area contributed by atoms with Crippen LogP contribution in [0, 0.1) is 10.1 Å². The van der Waals surface area contributed by atoms with Gasteiger partial charge in [-0.1, -0.05) is 18.2 Å². The second-order valence-corrected chi connectivity index (χ2v) is 6.60. The third kappa shape index (κ3) is 4.36. The van der Waals surface area contributed by atoms with Crippen LogP contribution in [-0.4, -0.2) is 31.0 Å². The third-order valence-corrected chi connectivity index (χ3v) is 4.84. The number of carbonyl (C=O) groups excluding carboxylic acids is 1. The Morgan fingerprint density at radius 3 is 2.59 bits per heavy atom. The zero-order valence-electron chi connectivity index (χ0n) is 15.4. The quantitative estimate of drug-likeness (QED) is 0.601. The Morgan fingerprint density at radius 2 is 1.89 bits per heavy atom. The Morgan fingerprint density at radius 1 is 1.15 bits per heavy atom. The second-order valence-electron chi connectivity index (χ2n) is 6.60. The largest absolute Gasteiger partial charge is 0.375 e. The molecule has 0 aliphatic carbocycles.